The van der Waals surface area contributed by atoms with Crippen LogP contribution in [-0.4, -0.2) is 80.4 Å². The summed E-state index contributed by atoms with van der Waals surface area (Å²) in [6, 6.07) is 7.11. The van der Waals surface area contributed by atoms with Gasteiger partial charge in [-0.25, -0.2) is 4.98 Å². The molecular formula is C26H34N4O4. The molecule has 0 spiro atoms. The molecule has 3 atom stereocenters. The molecule has 3 rings (SSSR count). The Kier molecular flexibility index (Phi) is 8.26. The summed E-state index contributed by atoms with van der Waals surface area (Å²) in [6.07, 6.45) is 3.08. The number of rotatable bonds is 6. The van der Waals surface area contributed by atoms with Crippen LogP contribution in [0.2, 0.25) is 0 Å². The monoisotopic (exact) mass is 466 g/mol. The van der Waals surface area contributed by atoms with Gasteiger partial charge in [-0.15, -0.1) is 0 Å². The number of pyridine rings is 2. The topological polar surface area (TPSA) is 99.0 Å². The molecule has 0 aliphatic carbocycles. The summed E-state index contributed by atoms with van der Waals surface area (Å²) in [6.45, 7) is 8.59. The van der Waals surface area contributed by atoms with E-state index in [4.69, 9.17) is 4.74 Å². The second-order valence-electron chi connectivity index (χ2n) is 9.53. The summed E-state index contributed by atoms with van der Waals surface area (Å²) >= 11 is 0. The van der Waals surface area contributed by atoms with Gasteiger partial charge < -0.3 is 19.8 Å². The van der Waals surface area contributed by atoms with E-state index in [-0.39, 0.29) is 36.5 Å². The summed E-state index contributed by atoms with van der Waals surface area (Å²) in [5, 5.41) is 19.7. The normalized spacial score (nSPS) is 19.4. The van der Waals surface area contributed by atoms with Gasteiger partial charge in [0.05, 0.1) is 18.3 Å². The lowest BCUT2D eigenvalue weighted by molar-refractivity contribution is 0.0324. The van der Waals surface area contributed by atoms with E-state index in [2.05, 4.69) is 26.7 Å². The van der Waals surface area contributed by atoms with Crippen molar-refractivity contribution in [2.45, 2.75) is 52.0 Å². The van der Waals surface area contributed by atoms with E-state index in [0.29, 0.717) is 30.8 Å². The Morgan fingerprint density at radius 1 is 1.35 bits per heavy atom. The highest BCUT2D eigenvalue weighted by Crippen LogP contribution is 2.27. The maximum atomic E-state index is 13.4. The quantitative estimate of drug-likeness (QED) is 0.628. The number of ether oxygens (including phenoxy) is 1. The third kappa shape index (κ3) is 6.76. The summed E-state index contributed by atoms with van der Waals surface area (Å²) in [5.74, 6) is 5.60. The minimum Gasteiger partial charge on any atom is -0.472 e. The smallest absolute Gasteiger partial charge is 0.259 e. The number of carbonyl (C=O) groups excluding carboxylic acids is 1. The molecule has 0 radical (unpaired) electrons. The molecule has 2 N–H and O–H groups in total. The van der Waals surface area contributed by atoms with Gasteiger partial charge in [0, 0.05) is 43.5 Å². The van der Waals surface area contributed by atoms with Gasteiger partial charge in [-0.05, 0) is 46.0 Å². The van der Waals surface area contributed by atoms with Gasteiger partial charge in [0.2, 0.25) is 5.88 Å². The number of nitrogens with zero attached hydrogens (tertiary/aromatic N) is 4. The number of fused-ring (bicyclic) bond motifs is 1. The van der Waals surface area contributed by atoms with Crippen molar-refractivity contribution in [3.63, 3.8) is 0 Å². The molecule has 8 heteroatoms. The zero-order chi connectivity index (χ0) is 24.9. The third-order valence-corrected chi connectivity index (χ3v) is 5.68. The van der Waals surface area contributed by atoms with Crippen molar-refractivity contribution >= 4 is 5.91 Å². The zero-order valence-electron chi connectivity index (χ0n) is 20.5. The van der Waals surface area contributed by atoms with Crippen LogP contribution in [0.25, 0.3) is 0 Å². The summed E-state index contributed by atoms with van der Waals surface area (Å²) in [4.78, 5) is 26.1. The first-order valence-electron chi connectivity index (χ1n) is 11.5. The molecule has 0 saturated heterocycles. The van der Waals surface area contributed by atoms with Crippen LogP contribution in [0.5, 0.6) is 5.88 Å². The molecule has 0 unspecified atom stereocenters. The third-order valence-electron chi connectivity index (χ3n) is 5.68. The molecule has 182 valence electrons. The molecule has 0 aromatic carbocycles. The van der Waals surface area contributed by atoms with Crippen molar-refractivity contribution in [1.82, 2.24) is 19.8 Å². The highest BCUT2D eigenvalue weighted by Gasteiger charge is 2.34. The second kappa shape index (κ2) is 11.0. The standard InChI is InChI=1S/C26H34N4O4/c1-18-14-30(19(2)17-31)25(32)22-12-20(9-10-26(3,4)33)13-28-24(22)34-23(18)16-29(5)15-21-8-6-7-11-27-21/h6-8,11-13,18-19,23,31,33H,14-17H2,1-5H3/t18-,19-,23+/m1/s1. The first-order valence-corrected chi connectivity index (χ1v) is 11.5. The molecule has 2 aromatic heterocycles. The van der Waals surface area contributed by atoms with E-state index in [1.807, 2.05) is 39.1 Å². The number of aliphatic hydroxyl groups is 2. The Labute approximate surface area is 201 Å². The lowest BCUT2D eigenvalue weighted by atomic mass is 9.99. The molecular weight excluding hydrogens is 432 g/mol. The Hall–Kier alpha value is -2.99. The van der Waals surface area contributed by atoms with E-state index in [0.717, 1.165) is 5.69 Å². The van der Waals surface area contributed by atoms with Crippen LogP contribution in [0.15, 0.2) is 36.7 Å². The minimum absolute atomic E-state index is 0.00580. The highest BCUT2D eigenvalue weighted by atomic mass is 16.5. The molecule has 34 heavy (non-hydrogen) atoms. The van der Waals surface area contributed by atoms with Crippen LogP contribution in [-0.2, 0) is 6.54 Å². The van der Waals surface area contributed by atoms with E-state index in [1.165, 1.54) is 0 Å². The lowest BCUT2D eigenvalue weighted by Crippen LogP contribution is -2.49. The Balaban J connectivity index is 1.92. The SMILES string of the molecule is C[C@@H]1CN([C@H](C)CO)C(=O)c2cc(C#CC(C)(C)O)cnc2O[C@H]1CN(C)Cc1ccccn1. The molecule has 1 aliphatic heterocycles. The maximum Gasteiger partial charge on any atom is 0.259 e. The van der Waals surface area contributed by atoms with Gasteiger partial charge in [-0.1, -0.05) is 24.8 Å². The number of hydrogen-bond donors (Lipinski definition) is 2. The number of amides is 1. The van der Waals surface area contributed by atoms with Crippen LogP contribution in [0.1, 0.15) is 49.3 Å². The molecule has 0 fully saturated rings. The molecule has 1 amide bonds. The van der Waals surface area contributed by atoms with Crippen molar-refractivity contribution in [1.29, 1.82) is 0 Å². The summed E-state index contributed by atoms with van der Waals surface area (Å²) in [5.41, 5.74) is 0.600. The van der Waals surface area contributed by atoms with Gasteiger partial charge in [-0.3, -0.25) is 14.7 Å². The molecule has 3 heterocycles. The van der Waals surface area contributed by atoms with Crippen LogP contribution in [0, 0.1) is 17.8 Å². The van der Waals surface area contributed by atoms with Gasteiger partial charge in [0.15, 0.2) is 0 Å². The predicted molar refractivity (Wildman–Crippen MR) is 129 cm³/mol. The lowest BCUT2D eigenvalue weighted by Gasteiger charge is -2.37. The molecule has 8 nitrogen and oxygen atoms in total. The predicted octanol–water partition coefficient (Wildman–Crippen LogP) is 1.95. The molecule has 0 bridgehead atoms. The molecule has 1 aliphatic rings. The van der Waals surface area contributed by atoms with E-state index >= 15 is 0 Å². The number of hydrogen-bond acceptors (Lipinski definition) is 7. The number of aliphatic hydroxyl groups excluding tert-OH is 1. The largest absolute Gasteiger partial charge is 0.472 e. The molecule has 2 aromatic rings. The maximum absolute atomic E-state index is 13.4. The van der Waals surface area contributed by atoms with E-state index < -0.39 is 5.60 Å². The van der Waals surface area contributed by atoms with Crippen LogP contribution in [0.4, 0.5) is 0 Å². The van der Waals surface area contributed by atoms with Gasteiger partial charge in [0.25, 0.3) is 5.91 Å². The fourth-order valence-electron chi connectivity index (χ4n) is 3.75. The number of carbonyl (C=O) groups is 1. The molecule has 0 saturated carbocycles. The minimum atomic E-state index is -1.17. The number of likely N-dealkylation sites (N-methyl/N-ethyl adjacent to an activating group) is 1. The Morgan fingerprint density at radius 3 is 2.76 bits per heavy atom. The van der Waals surface area contributed by atoms with Gasteiger partial charge in [-0.2, -0.15) is 0 Å². The van der Waals surface area contributed by atoms with Crippen LogP contribution < -0.4 is 4.74 Å². The summed E-state index contributed by atoms with van der Waals surface area (Å²) in [7, 11) is 2.01. The fourth-order valence-corrected chi connectivity index (χ4v) is 3.75. The summed E-state index contributed by atoms with van der Waals surface area (Å²) < 4.78 is 6.31. The first-order chi connectivity index (χ1) is 16.1. The zero-order valence-corrected chi connectivity index (χ0v) is 20.5. The second-order valence-corrected chi connectivity index (χ2v) is 9.53. The highest BCUT2D eigenvalue weighted by molar-refractivity contribution is 5.97. The van der Waals surface area contributed by atoms with E-state index in [1.54, 1.807) is 37.2 Å². The average Bonchev–Trinajstić information content (AvgIpc) is 2.79. The van der Waals surface area contributed by atoms with Crippen molar-refractivity contribution in [3.8, 4) is 17.7 Å². The van der Waals surface area contributed by atoms with Crippen molar-refractivity contribution in [2.24, 2.45) is 5.92 Å². The number of aromatic nitrogens is 2. The first kappa shape index (κ1) is 25.6. The van der Waals surface area contributed by atoms with Crippen LogP contribution in [0.3, 0.4) is 0 Å². The van der Waals surface area contributed by atoms with Crippen molar-refractivity contribution in [3.05, 3.63) is 53.5 Å². The Bertz CT molecular complexity index is 1040. The van der Waals surface area contributed by atoms with Gasteiger partial charge >= 0.3 is 0 Å². The Morgan fingerprint density at radius 2 is 2.12 bits per heavy atom. The fraction of sp³-hybridized carbons (Fsp3) is 0.500. The van der Waals surface area contributed by atoms with E-state index in [9.17, 15) is 15.0 Å². The van der Waals surface area contributed by atoms with Crippen molar-refractivity contribution < 1.29 is 19.7 Å². The van der Waals surface area contributed by atoms with Gasteiger partial charge in [0.1, 0.15) is 17.3 Å². The van der Waals surface area contributed by atoms with Crippen molar-refractivity contribution in [2.75, 3.05) is 26.7 Å². The average molecular weight is 467 g/mol. The van der Waals surface area contributed by atoms with Crippen LogP contribution >= 0.6 is 0 Å².